The van der Waals surface area contributed by atoms with Gasteiger partial charge in [0, 0.05) is 6.42 Å². The fraction of sp³-hybridized carbons (Fsp3) is 0.647. The maximum Gasteiger partial charge on any atom is 0.244 e. The van der Waals surface area contributed by atoms with Crippen molar-refractivity contribution in [3.8, 4) is 0 Å². The number of nitrogens with zero attached hydrogens (tertiary/aromatic N) is 1. The van der Waals surface area contributed by atoms with Crippen molar-refractivity contribution in [2.24, 2.45) is 0 Å². The molecule has 2 saturated heterocycles. The molecule has 2 heterocycles. The molecule has 140 valence electrons. The van der Waals surface area contributed by atoms with Gasteiger partial charge in [-0.2, -0.15) is 4.31 Å². The molecule has 2 aliphatic rings. The van der Waals surface area contributed by atoms with Gasteiger partial charge < -0.3 is 4.90 Å². The number of quaternary nitrogens is 1. The van der Waals surface area contributed by atoms with Crippen molar-refractivity contribution in [1.29, 1.82) is 0 Å². The van der Waals surface area contributed by atoms with Crippen molar-refractivity contribution in [1.82, 2.24) is 4.31 Å². The smallest absolute Gasteiger partial charge is 0.244 e. The van der Waals surface area contributed by atoms with Crippen LogP contribution in [0.25, 0.3) is 0 Å². The molecule has 8 heteroatoms. The summed E-state index contributed by atoms with van der Waals surface area (Å²) in [5.74, 6) is 0.510. The van der Waals surface area contributed by atoms with E-state index in [2.05, 4.69) is 0 Å². The van der Waals surface area contributed by atoms with Gasteiger partial charge in [0.15, 0.2) is 9.84 Å². The van der Waals surface area contributed by atoms with E-state index < -0.39 is 19.9 Å². The Morgan fingerprint density at radius 1 is 1.08 bits per heavy atom. The number of sulfone groups is 1. The van der Waals surface area contributed by atoms with Gasteiger partial charge in [0.2, 0.25) is 10.0 Å². The van der Waals surface area contributed by atoms with E-state index in [0.717, 1.165) is 16.7 Å². The minimum Gasteiger partial charge on any atom is -0.329 e. The van der Waals surface area contributed by atoms with Gasteiger partial charge in [0.05, 0.1) is 36.8 Å². The standard InChI is InChI=1S/C17H26N2O4S2/c1-13-10-14(2)17(15(3)11-13)25(22,23)19-7-5-18(6-8-19)16-4-9-24(20,21)12-16/h10-11,16H,4-9,12H2,1-3H3/p+1/t16-/m1/s1. The van der Waals surface area contributed by atoms with Gasteiger partial charge in [-0.1, -0.05) is 17.7 Å². The van der Waals surface area contributed by atoms with E-state index in [9.17, 15) is 16.8 Å². The molecule has 3 rings (SSSR count). The monoisotopic (exact) mass is 387 g/mol. The average Bonchev–Trinajstić information content (AvgIpc) is 2.86. The van der Waals surface area contributed by atoms with E-state index in [1.807, 2.05) is 32.9 Å². The molecule has 0 amide bonds. The maximum absolute atomic E-state index is 13.1. The van der Waals surface area contributed by atoms with E-state index in [0.29, 0.717) is 37.5 Å². The van der Waals surface area contributed by atoms with Gasteiger partial charge in [-0.3, -0.25) is 0 Å². The molecule has 1 aromatic carbocycles. The zero-order valence-corrected chi connectivity index (χ0v) is 16.7. The Morgan fingerprint density at radius 2 is 1.64 bits per heavy atom. The van der Waals surface area contributed by atoms with Crippen LogP contribution in [0.4, 0.5) is 0 Å². The Hall–Kier alpha value is -0.960. The second-order valence-corrected chi connectivity index (χ2v) is 11.5. The summed E-state index contributed by atoms with van der Waals surface area (Å²) in [7, 11) is -6.41. The fourth-order valence-electron chi connectivity index (χ4n) is 4.24. The van der Waals surface area contributed by atoms with Crippen molar-refractivity contribution in [3.05, 3.63) is 28.8 Å². The summed E-state index contributed by atoms with van der Waals surface area (Å²) in [6.07, 6.45) is 0.695. The second-order valence-electron chi connectivity index (χ2n) is 7.39. The number of nitrogens with one attached hydrogen (secondary N) is 1. The van der Waals surface area contributed by atoms with E-state index >= 15 is 0 Å². The summed E-state index contributed by atoms with van der Waals surface area (Å²) in [6.45, 7) is 7.89. The molecule has 2 fully saturated rings. The van der Waals surface area contributed by atoms with Crippen LogP contribution in [-0.4, -0.2) is 64.9 Å². The van der Waals surface area contributed by atoms with Crippen molar-refractivity contribution >= 4 is 19.9 Å². The van der Waals surface area contributed by atoms with Crippen LogP contribution in [0.5, 0.6) is 0 Å². The lowest BCUT2D eigenvalue weighted by Gasteiger charge is -2.34. The molecule has 6 nitrogen and oxygen atoms in total. The molecule has 2 aliphatic heterocycles. The molecule has 1 aromatic rings. The molecule has 1 N–H and O–H groups in total. The molecule has 0 saturated carbocycles. The van der Waals surface area contributed by atoms with Gasteiger partial charge >= 0.3 is 0 Å². The normalized spacial score (nSPS) is 25.3. The third-order valence-electron chi connectivity index (χ3n) is 5.38. The highest BCUT2D eigenvalue weighted by atomic mass is 32.2. The van der Waals surface area contributed by atoms with Crippen LogP contribution < -0.4 is 4.90 Å². The van der Waals surface area contributed by atoms with Crippen molar-refractivity contribution in [3.63, 3.8) is 0 Å². The van der Waals surface area contributed by atoms with Gasteiger partial charge in [0.1, 0.15) is 11.8 Å². The molecular weight excluding hydrogens is 360 g/mol. The molecule has 0 spiro atoms. The summed E-state index contributed by atoms with van der Waals surface area (Å²) in [5, 5.41) is 0. The number of sulfonamides is 1. The molecule has 0 radical (unpaired) electrons. The first-order valence-corrected chi connectivity index (χ1v) is 12.0. The quantitative estimate of drug-likeness (QED) is 0.772. The van der Waals surface area contributed by atoms with Gasteiger partial charge in [-0.25, -0.2) is 16.8 Å². The number of hydrogen-bond donors (Lipinski definition) is 1. The predicted octanol–water partition coefficient (Wildman–Crippen LogP) is -0.312. The number of hydrogen-bond acceptors (Lipinski definition) is 4. The predicted molar refractivity (Wildman–Crippen MR) is 97.2 cm³/mol. The molecule has 0 aliphatic carbocycles. The lowest BCUT2D eigenvalue weighted by molar-refractivity contribution is -0.925. The van der Waals surface area contributed by atoms with Gasteiger partial charge in [-0.05, 0) is 31.9 Å². The Morgan fingerprint density at radius 3 is 2.12 bits per heavy atom. The average molecular weight is 388 g/mol. The number of piperazine rings is 1. The molecule has 0 unspecified atom stereocenters. The summed E-state index contributed by atoms with van der Waals surface area (Å²) < 4.78 is 51.1. The molecule has 25 heavy (non-hydrogen) atoms. The third kappa shape index (κ3) is 3.77. The number of rotatable bonds is 3. The third-order valence-corrected chi connectivity index (χ3v) is 9.35. The largest absolute Gasteiger partial charge is 0.329 e. The van der Waals surface area contributed by atoms with Crippen LogP contribution in [0, 0.1) is 20.8 Å². The topological polar surface area (TPSA) is 76.0 Å². The minimum absolute atomic E-state index is 0.123. The van der Waals surface area contributed by atoms with Crippen molar-refractivity contribution < 1.29 is 21.7 Å². The van der Waals surface area contributed by atoms with E-state index in [1.165, 1.54) is 4.90 Å². The molecular formula is C17H27N2O4S2+. The van der Waals surface area contributed by atoms with Crippen molar-refractivity contribution in [2.45, 2.75) is 38.1 Å². The number of benzene rings is 1. The zero-order valence-electron chi connectivity index (χ0n) is 15.1. The minimum atomic E-state index is -3.51. The zero-order chi connectivity index (χ0) is 18.4. The summed E-state index contributed by atoms with van der Waals surface area (Å²) in [6, 6.07) is 3.94. The first-order chi connectivity index (χ1) is 11.6. The molecule has 1 atom stereocenters. The van der Waals surface area contributed by atoms with E-state index in [4.69, 9.17) is 0 Å². The Bertz CT molecular complexity index is 847. The van der Waals surface area contributed by atoms with Crippen LogP contribution in [-0.2, 0) is 19.9 Å². The van der Waals surface area contributed by atoms with E-state index in [1.54, 1.807) is 4.31 Å². The SMILES string of the molecule is Cc1cc(C)c(S(=O)(=O)N2CC[NH+]([C@@H]3CCS(=O)(=O)C3)CC2)c(C)c1. The van der Waals surface area contributed by atoms with Gasteiger partial charge in [0.25, 0.3) is 0 Å². The summed E-state index contributed by atoms with van der Waals surface area (Å²) in [4.78, 5) is 1.65. The maximum atomic E-state index is 13.1. The Balaban J connectivity index is 1.74. The van der Waals surface area contributed by atoms with Crippen LogP contribution >= 0.6 is 0 Å². The van der Waals surface area contributed by atoms with Crippen LogP contribution in [0.2, 0.25) is 0 Å². The summed E-state index contributed by atoms with van der Waals surface area (Å²) >= 11 is 0. The highest BCUT2D eigenvalue weighted by Gasteiger charge is 2.39. The Labute approximate surface area is 150 Å². The highest BCUT2D eigenvalue weighted by Crippen LogP contribution is 2.25. The summed E-state index contributed by atoms with van der Waals surface area (Å²) in [5.41, 5.74) is 2.63. The first-order valence-electron chi connectivity index (χ1n) is 8.73. The second kappa shape index (κ2) is 6.64. The van der Waals surface area contributed by atoms with Gasteiger partial charge in [-0.15, -0.1) is 0 Å². The Kier molecular flexibility index (Phi) is 5.00. The van der Waals surface area contributed by atoms with E-state index in [-0.39, 0.29) is 17.5 Å². The lowest BCUT2D eigenvalue weighted by atomic mass is 10.1. The van der Waals surface area contributed by atoms with Crippen LogP contribution in [0.15, 0.2) is 17.0 Å². The fourth-order valence-corrected chi connectivity index (χ4v) is 7.92. The van der Waals surface area contributed by atoms with Crippen molar-refractivity contribution in [2.75, 3.05) is 37.7 Å². The first kappa shape index (κ1) is 18.8. The van der Waals surface area contributed by atoms with Crippen LogP contribution in [0.3, 0.4) is 0 Å². The van der Waals surface area contributed by atoms with Crippen LogP contribution in [0.1, 0.15) is 23.1 Å². The number of aryl methyl sites for hydroxylation is 3. The molecule has 0 bridgehead atoms. The molecule has 0 aromatic heterocycles. The highest BCUT2D eigenvalue weighted by molar-refractivity contribution is 7.91. The lowest BCUT2D eigenvalue weighted by Crippen LogP contribution is -3.18.